The van der Waals surface area contributed by atoms with Crippen molar-refractivity contribution < 1.29 is 23.4 Å². The van der Waals surface area contributed by atoms with Gasteiger partial charge in [-0.05, 0) is 96.8 Å². The molecule has 4 atom stereocenters. The zero-order valence-corrected chi connectivity index (χ0v) is 26.1. The van der Waals surface area contributed by atoms with Gasteiger partial charge in [0.15, 0.2) is 17.6 Å². The summed E-state index contributed by atoms with van der Waals surface area (Å²) in [5, 5.41) is 12.5. The second kappa shape index (κ2) is 9.91. The van der Waals surface area contributed by atoms with Crippen LogP contribution in [0.1, 0.15) is 58.9 Å². The van der Waals surface area contributed by atoms with Crippen molar-refractivity contribution in [3.8, 4) is 11.5 Å². The minimum atomic E-state index is -0.650. The molecule has 3 heterocycles. The minimum Gasteiger partial charge on any atom is -0.504 e. The van der Waals surface area contributed by atoms with Crippen LogP contribution in [0.15, 0.2) is 84.9 Å². The second-order valence-corrected chi connectivity index (χ2v) is 14.4. The monoisotopic (exact) mass is 630 g/mol. The maximum atomic E-state index is 14.0. The van der Waals surface area contributed by atoms with E-state index < -0.39 is 11.0 Å². The summed E-state index contributed by atoms with van der Waals surface area (Å²) in [6, 6.07) is 25.9. The van der Waals surface area contributed by atoms with Crippen molar-refractivity contribution in [1.29, 1.82) is 0 Å². The number of piperidine rings is 1. The zero-order chi connectivity index (χ0) is 31.5. The Kier molecular flexibility index (Phi) is 5.88. The highest BCUT2D eigenvalue weighted by atomic mass is 19.1. The SMILES string of the molecule is Oc1ccc2c3c1O[C@H]1c4c(c5ccccc5n4Cc4ccc(F)cc4)C[C@@]4(OCc5ccc(F)cc5)[C@@H](C2)N(CC2CC2)CC[C@]314. The van der Waals surface area contributed by atoms with Crippen LogP contribution in [0, 0.1) is 17.6 Å². The number of aromatic hydroxyl groups is 1. The lowest BCUT2D eigenvalue weighted by molar-refractivity contribution is -0.211. The number of likely N-dealkylation sites (tertiary alicyclic amines) is 1. The molecule has 1 saturated heterocycles. The van der Waals surface area contributed by atoms with Crippen LogP contribution in [-0.4, -0.2) is 39.3 Å². The number of hydrogen-bond donors (Lipinski definition) is 1. The van der Waals surface area contributed by atoms with E-state index in [2.05, 4.69) is 39.8 Å². The highest BCUT2D eigenvalue weighted by molar-refractivity contribution is 5.87. The van der Waals surface area contributed by atoms with Crippen LogP contribution >= 0.6 is 0 Å². The van der Waals surface area contributed by atoms with Crippen molar-refractivity contribution in [2.75, 3.05) is 13.1 Å². The Labute approximate surface area is 272 Å². The molecule has 1 saturated carbocycles. The lowest BCUT2D eigenvalue weighted by atomic mass is 9.48. The fourth-order valence-corrected chi connectivity index (χ4v) is 9.78. The molecule has 5 nitrogen and oxygen atoms in total. The average molecular weight is 631 g/mol. The lowest BCUT2D eigenvalue weighted by Crippen LogP contribution is -2.75. The summed E-state index contributed by atoms with van der Waals surface area (Å²) >= 11 is 0. The lowest BCUT2D eigenvalue weighted by Gasteiger charge is -2.64. The molecule has 3 aliphatic carbocycles. The molecule has 5 aliphatic rings. The van der Waals surface area contributed by atoms with E-state index in [1.165, 1.54) is 53.6 Å². The molecule has 10 rings (SSSR count). The molecule has 2 fully saturated rings. The van der Waals surface area contributed by atoms with E-state index in [0.29, 0.717) is 25.3 Å². The number of aromatic nitrogens is 1. The molecule has 2 bridgehead atoms. The standard InChI is InChI=1S/C40H36F2N2O3/c41-28-12-7-25(8-13-28)22-44-32-4-2-1-3-30(32)31-20-40(46-23-26-9-14-29(42)15-10-26)34-19-27-11-16-33(45)37-35(27)39(40,38(47-37)36(31)44)17-18-43(34)21-24-5-6-24/h1-4,7-16,24,34,38,45H,5-6,17-23H2/t34-,38+,39+,40-/m1/s1. The van der Waals surface area contributed by atoms with E-state index >= 15 is 0 Å². The fourth-order valence-electron chi connectivity index (χ4n) is 9.78. The molecule has 5 aromatic rings. The summed E-state index contributed by atoms with van der Waals surface area (Å²) in [5.41, 5.74) is 6.54. The van der Waals surface area contributed by atoms with Crippen LogP contribution in [0.2, 0.25) is 0 Å². The highest BCUT2D eigenvalue weighted by Gasteiger charge is 2.74. The number of hydrogen-bond acceptors (Lipinski definition) is 4. The van der Waals surface area contributed by atoms with E-state index in [-0.39, 0.29) is 29.5 Å². The van der Waals surface area contributed by atoms with Crippen LogP contribution in [0.25, 0.3) is 10.9 Å². The van der Waals surface area contributed by atoms with Crippen LogP contribution < -0.4 is 4.74 Å². The third kappa shape index (κ3) is 3.87. The number of ether oxygens (including phenoxy) is 2. The molecule has 1 N–H and O–H groups in total. The van der Waals surface area contributed by atoms with Crippen molar-refractivity contribution in [1.82, 2.24) is 9.47 Å². The summed E-state index contributed by atoms with van der Waals surface area (Å²) in [7, 11) is 0. The number of benzene rings is 4. The van der Waals surface area contributed by atoms with Gasteiger partial charge in [-0.25, -0.2) is 8.78 Å². The molecule has 47 heavy (non-hydrogen) atoms. The maximum absolute atomic E-state index is 14.0. The Balaban J connectivity index is 1.22. The Morgan fingerprint density at radius 2 is 1.64 bits per heavy atom. The Morgan fingerprint density at radius 3 is 2.40 bits per heavy atom. The summed E-state index contributed by atoms with van der Waals surface area (Å²) in [5.74, 6) is 0.968. The van der Waals surface area contributed by atoms with Gasteiger partial charge in [0, 0.05) is 42.0 Å². The molecule has 0 radical (unpaired) electrons. The van der Waals surface area contributed by atoms with E-state index in [0.717, 1.165) is 59.8 Å². The molecule has 2 aliphatic heterocycles. The molecular weight excluding hydrogens is 594 g/mol. The van der Waals surface area contributed by atoms with Gasteiger partial charge in [0.2, 0.25) is 0 Å². The Hall–Kier alpha value is -4.20. The van der Waals surface area contributed by atoms with Crippen molar-refractivity contribution in [3.05, 3.63) is 130 Å². The van der Waals surface area contributed by atoms with E-state index in [1.54, 1.807) is 6.07 Å². The third-order valence-electron chi connectivity index (χ3n) is 12.0. The Morgan fingerprint density at radius 1 is 0.894 bits per heavy atom. The largest absolute Gasteiger partial charge is 0.504 e. The number of halogens is 2. The zero-order valence-electron chi connectivity index (χ0n) is 26.1. The Bertz CT molecular complexity index is 2050. The second-order valence-electron chi connectivity index (χ2n) is 14.4. The van der Waals surface area contributed by atoms with Crippen LogP contribution in [0.4, 0.5) is 8.78 Å². The summed E-state index contributed by atoms with van der Waals surface area (Å²) in [6.07, 6.45) is 4.52. The number of fused-ring (bicyclic) bond motifs is 4. The summed E-state index contributed by atoms with van der Waals surface area (Å²) in [4.78, 5) is 2.70. The van der Waals surface area contributed by atoms with Gasteiger partial charge in [0.05, 0.1) is 17.7 Å². The van der Waals surface area contributed by atoms with Crippen molar-refractivity contribution in [3.63, 3.8) is 0 Å². The van der Waals surface area contributed by atoms with Gasteiger partial charge in [-0.3, -0.25) is 4.90 Å². The van der Waals surface area contributed by atoms with Crippen molar-refractivity contribution >= 4 is 10.9 Å². The molecule has 0 amide bonds. The molecule has 7 heteroatoms. The van der Waals surface area contributed by atoms with E-state index in [1.807, 2.05) is 24.3 Å². The number of phenolic OH excluding ortho intramolecular Hbond substituents is 1. The highest BCUT2D eigenvalue weighted by Crippen LogP contribution is 2.70. The van der Waals surface area contributed by atoms with Gasteiger partial charge < -0.3 is 19.1 Å². The van der Waals surface area contributed by atoms with E-state index in [4.69, 9.17) is 9.47 Å². The molecule has 1 aromatic heterocycles. The quantitative estimate of drug-likeness (QED) is 0.201. The first-order valence-corrected chi connectivity index (χ1v) is 16.9. The van der Waals surface area contributed by atoms with Gasteiger partial charge in [-0.2, -0.15) is 0 Å². The summed E-state index contributed by atoms with van der Waals surface area (Å²) in [6.45, 7) is 2.93. The van der Waals surface area contributed by atoms with Crippen molar-refractivity contribution in [2.45, 2.75) is 68.4 Å². The number of para-hydroxylation sites is 1. The van der Waals surface area contributed by atoms with Crippen LogP contribution in [0.5, 0.6) is 11.5 Å². The van der Waals surface area contributed by atoms with E-state index in [9.17, 15) is 13.9 Å². The molecular formula is C40H36F2N2O3. The normalized spacial score (nSPS) is 27.0. The topological polar surface area (TPSA) is 46.9 Å². The molecule has 1 spiro atoms. The predicted octanol–water partition coefficient (Wildman–Crippen LogP) is 7.60. The van der Waals surface area contributed by atoms with Crippen LogP contribution in [0.3, 0.4) is 0 Å². The molecule has 238 valence electrons. The minimum absolute atomic E-state index is 0.110. The fraction of sp³-hybridized carbons (Fsp3) is 0.350. The average Bonchev–Trinajstić information content (AvgIpc) is 3.76. The smallest absolute Gasteiger partial charge is 0.166 e. The summed E-state index contributed by atoms with van der Waals surface area (Å²) < 4.78 is 44.9. The number of nitrogens with zero attached hydrogens (tertiary/aromatic N) is 2. The third-order valence-corrected chi connectivity index (χ3v) is 12.0. The number of phenols is 1. The van der Waals surface area contributed by atoms with Gasteiger partial charge in [-0.1, -0.05) is 48.5 Å². The van der Waals surface area contributed by atoms with Crippen LogP contribution in [-0.2, 0) is 36.1 Å². The first kappa shape index (κ1) is 27.9. The van der Waals surface area contributed by atoms with Gasteiger partial charge in [-0.15, -0.1) is 0 Å². The van der Waals surface area contributed by atoms with Gasteiger partial charge in [0.25, 0.3) is 0 Å². The molecule has 0 unspecified atom stereocenters. The first-order valence-electron chi connectivity index (χ1n) is 16.9. The maximum Gasteiger partial charge on any atom is 0.166 e. The van der Waals surface area contributed by atoms with Gasteiger partial charge >= 0.3 is 0 Å². The van der Waals surface area contributed by atoms with Gasteiger partial charge in [0.1, 0.15) is 17.2 Å². The molecule has 4 aromatic carbocycles. The number of rotatable bonds is 7. The first-order chi connectivity index (χ1) is 22.9. The van der Waals surface area contributed by atoms with Crippen molar-refractivity contribution in [2.24, 2.45) is 5.92 Å². The predicted molar refractivity (Wildman–Crippen MR) is 175 cm³/mol.